The van der Waals surface area contributed by atoms with Gasteiger partial charge in [0.1, 0.15) is 0 Å². The summed E-state index contributed by atoms with van der Waals surface area (Å²) < 4.78 is 5.36. The van der Waals surface area contributed by atoms with Crippen molar-refractivity contribution >= 4 is 17.7 Å². The smallest absolute Gasteiger partial charge is 0.191 e. The second kappa shape index (κ2) is 9.47. The van der Waals surface area contributed by atoms with Gasteiger partial charge in [0, 0.05) is 38.0 Å². The minimum absolute atomic E-state index is 0.727. The van der Waals surface area contributed by atoms with E-state index in [1.165, 1.54) is 18.6 Å². The molecule has 0 aliphatic carbocycles. The van der Waals surface area contributed by atoms with Crippen LogP contribution in [0.3, 0.4) is 0 Å². The first kappa shape index (κ1) is 15.9. The van der Waals surface area contributed by atoms with E-state index in [2.05, 4.69) is 34.2 Å². The number of guanidine groups is 1. The van der Waals surface area contributed by atoms with Crippen molar-refractivity contribution in [2.24, 2.45) is 4.99 Å². The Hall–Kier alpha value is -0.460. The second-order valence-electron chi connectivity index (χ2n) is 5.24. The summed E-state index contributed by atoms with van der Waals surface area (Å²) in [6, 6.07) is 0. The lowest BCUT2D eigenvalue weighted by atomic mass is 10.2. The van der Waals surface area contributed by atoms with E-state index < -0.39 is 0 Å². The molecule has 0 aromatic carbocycles. The van der Waals surface area contributed by atoms with Crippen LogP contribution in [0.25, 0.3) is 0 Å². The third kappa shape index (κ3) is 5.89. The molecule has 2 saturated heterocycles. The van der Waals surface area contributed by atoms with E-state index in [1.54, 1.807) is 0 Å². The fraction of sp³-hybridized carbons (Fsp3) is 0.929. The first-order chi connectivity index (χ1) is 9.88. The molecule has 0 spiro atoms. The average molecular weight is 300 g/mol. The van der Waals surface area contributed by atoms with Crippen molar-refractivity contribution in [3.63, 3.8) is 0 Å². The number of ether oxygens (including phenoxy) is 1. The number of nitrogens with one attached hydrogen (secondary N) is 2. The normalized spacial score (nSPS) is 24.9. The average Bonchev–Trinajstić information content (AvgIpc) is 2.99. The van der Waals surface area contributed by atoms with Crippen LogP contribution in [0.2, 0.25) is 0 Å². The zero-order valence-electron chi connectivity index (χ0n) is 12.6. The van der Waals surface area contributed by atoms with Gasteiger partial charge in [0.05, 0.1) is 19.8 Å². The predicted molar refractivity (Wildman–Crippen MR) is 86.7 cm³/mol. The summed E-state index contributed by atoms with van der Waals surface area (Å²) in [6.45, 7) is 9.82. The highest BCUT2D eigenvalue weighted by Crippen LogP contribution is 2.25. The lowest BCUT2D eigenvalue weighted by molar-refractivity contribution is 0.0389. The number of hydrogen-bond acceptors (Lipinski definition) is 4. The van der Waals surface area contributed by atoms with Crippen LogP contribution >= 0.6 is 11.8 Å². The van der Waals surface area contributed by atoms with Crippen LogP contribution in [0.4, 0.5) is 0 Å². The Balaban J connectivity index is 1.66. The summed E-state index contributed by atoms with van der Waals surface area (Å²) in [6.07, 6.45) is 2.67. The summed E-state index contributed by atoms with van der Waals surface area (Å²) in [5.41, 5.74) is 0. The van der Waals surface area contributed by atoms with Crippen LogP contribution in [-0.2, 0) is 4.74 Å². The van der Waals surface area contributed by atoms with Crippen molar-refractivity contribution in [3.05, 3.63) is 0 Å². The van der Waals surface area contributed by atoms with Crippen molar-refractivity contribution in [1.82, 2.24) is 15.5 Å². The van der Waals surface area contributed by atoms with Gasteiger partial charge in [0.25, 0.3) is 0 Å². The molecule has 1 atom stereocenters. The van der Waals surface area contributed by atoms with E-state index in [9.17, 15) is 0 Å². The van der Waals surface area contributed by atoms with Gasteiger partial charge in [0.15, 0.2) is 5.96 Å². The molecule has 2 N–H and O–H groups in total. The first-order valence-corrected chi connectivity index (χ1v) is 8.87. The Morgan fingerprint density at radius 1 is 1.35 bits per heavy atom. The van der Waals surface area contributed by atoms with E-state index >= 15 is 0 Å². The molecular weight excluding hydrogens is 272 g/mol. The van der Waals surface area contributed by atoms with E-state index in [0.717, 1.165) is 63.7 Å². The summed E-state index contributed by atoms with van der Waals surface area (Å²) in [7, 11) is 0. The monoisotopic (exact) mass is 300 g/mol. The lowest BCUT2D eigenvalue weighted by Crippen LogP contribution is -2.44. The molecule has 6 heteroatoms. The molecule has 2 rings (SSSR count). The maximum Gasteiger partial charge on any atom is 0.191 e. The highest BCUT2D eigenvalue weighted by atomic mass is 32.2. The zero-order valence-corrected chi connectivity index (χ0v) is 13.4. The molecule has 2 heterocycles. The molecule has 2 fully saturated rings. The molecule has 2 aliphatic rings. The van der Waals surface area contributed by atoms with Crippen molar-refractivity contribution in [2.45, 2.75) is 25.0 Å². The van der Waals surface area contributed by atoms with Crippen LogP contribution in [0.5, 0.6) is 0 Å². The van der Waals surface area contributed by atoms with Crippen LogP contribution in [0, 0.1) is 0 Å². The summed E-state index contributed by atoms with van der Waals surface area (Å²) >= 11 is 2.06. The van der Waals surface area contributed by atoms with Gasteiger partial charge in [-0.25, -0.2) is 0 Å². The van der Waals surface area contributed by atoms with Crippen LogP contribution in [0.1, 0.15) is 19.8 Å². The fourth-order valence-corrected chi connectivity index (χ4v) is 3.66. The van der Waals surface area contributed by atoms with E-state index in [-0.39, 0.29) is 0 Å². The molecule has 0 aromatic heterocycles. The molecule has 0 saturated carbocycles. The Bertz CT molecular complexity index is 289. The molecule has 5 nitrogen and oxygen atoms in total. The number of hydrogen-bond donors (Lipinski definition) is 2. The molecular formula is C14H28N4OS. The summed E-state index contributed by atoms with van der Waals surface area (Å²) in [5, 5.41) is 7.50. The van der Waals surface area contributed by atoms with E-state index in [4.69, 9.17) is 9.73 Å². The lowest BCUT2D eigenvalue weighted by Gasteiger charge is -2.26. The van der Waals surface area contributed by atoms with E-state index in [1.807, 2.05) is 0 Å². The Morgan fingerprint density at radius 2 is 2.20 bits per heavy atom. The minimum atomic E-state index is 0.727. The van der Waals surface area contributed by atoms with E-state index in [0.29, 0.717) is 0 Å². The van der Waals surface area contributed by atoms with Gasteiger partial charge in [0.2, 0.25) is 0 Å². The fourth-order valence-electron chi connectivity index (χ4n) is 2.48. The van der Waals surface area contributed by atoms with Crippen LogP contribution in [0.15, 0.2) is 4.99 Å². The molecule has 0 radical (unpaired) electrons. The molecule has 2 aliphatic heterocycles. The molecule has 20 heavy (non-hydrogen) atoms. The largest absolute Gasteiger partial charge is 0.379 e. The second-order valence-corrected chi connectivity index (χ2v) is 6.64. The third-order valence-corrected chi connectivity index (χ3v) is 5.03. The van der Waals surface area contributed by atoms with Gasteiger partial charge >= 0.3 is 0 Å². The number of aliphatic imine (C=N–C) groups is 1. The Kier molecular flexibility index (Phi) is 7.54. The predicted octanol–water partition coefficient (Wildman–Crippen LogP) is 0.769. The number of rotatable bonds is 6. The number of morpholine rings is 1. The van der Waals surface area contributed by atoms with Gasteiger partial charge in [-0.15, -0.1) is 0 Å². The standard InChI is InChI=1S/C14H28N4OS/c1-2-15-14(17-12-13-4-3-11-20-13)16-5-6-18-7-9-19-10-8-18/h13H,2-12H2,1H3,(H2,15,16,17). The van der Waals surface area contributed by atoms with Gasteiger partial charge in [-0.1, -0.05) is 0 Å². The minimum Gasteiger partial charge on any atom is -0.379 e. The van der Waals surface area contributed by atoms with Gasteiger partial charge in [-0.05, 0) is 25.5 Å². The van der Waals surface area contributed by atoms with Crippen LogP contribution in [-0.4, -0.2) is 74.3 Å². The van der Waals surface area contributed by atoms with Crippen molar-refractivity contribution < 1.29 is 4.74 Å². The molecule has 116 valence electrons. The summed E-state index contributed by atoms with van der Waals surface area (Å²) in [4.78, 5) is 7.15. The van der Waals surface area contributed by atoms with Crippen molar-refractivity contribution in [2.75, 3.05) is 58.2 Å². The Morgan fingerprint density at radius 3 is 2.90 bits per heavy atom. The molecule has 0 aromatic rings. The van der Waals surface area contributed by atoms with Gasteiger partial charge < -0.3 is 15.4 Å². The van der Waals surface area contributed by atoms with Crippen LogP contribution < -0.4 is 10.6 Å². The topological polar surface area (TPSA) is 48.9 Å². The maximum atomic E-state index is 5.36. The SMILES string of the molecule is CCNC(=NCC1CCCS1)NCCN1CCOCC1. The van der Waals surface area contributed by atoms with Gasteiger partial charge in [-0.3, -0.25) is 9.89 Å². The zero-order chi connectivity index (χ0) is 14.0. The quantitative estimate of drug-likeness (QED) is 0.560. The van der Waals surface area contributed by atoms with Crippen molar-refractivity contribution in [3.8, 4) is 0 Å². The third-order valence-electron chi connectivity index (χ3n) is 3.65. The summed E-state index contributed by atoms with van der Waals surface area (Å²) in [5.74, 6) is 2.27. The molecule has 0 amide bonds. The van der Waals surface area contributed by atoms with Crippen molar-refractivity contribution in [1.29, 1.82) is 0 Å². The number of thioether (sulfide) groups is 1. The van der Waals surface area contributed by atoms with Gasteiger partial charge in [-0.2, -0.15) is 11.8 Å². The highest BCUT2D eigenvalue weighted by molar-refractivity contribution is 8.00. The Labute approximate surface area is 126 Å². The first-order valence-electron chi connectivity index (χ1n) is 7.82. The maximum absolute atomic E-state index is 5.36. The molecule has 0 bridgehead atoms. The highest BCUT2D eigenvalue weighted by Gasteiger charge is 2.15. The number of nitrogens with zero attached hydrogens (tertiary/aromatic N) is 2. The molecule has 1 unspecified atom stereocenters.